The van der Waals surface area contributed by atoms with E-state index in [1.54, 1.807) is 19.2 Å². The molecular weight excluding hydrogens is 292 g/mol. The van der Waals surface area contributed by atoms with Crippen LogP contribution in [0.25, 0.3) is 0 Å². The summed E-state index contributed by atoms with van der Waals surface area (Å²) in [5.41, 5.74) is 7.00. The highest BCUT2D eigenvalue weighted by atomic mass is 35.5. The molecule has 1 aromatic rings. The van der Waals surface area contributed by atoms with Crippen molar-refractivity contribution < 1.29 is 14.6 Å². The number of hydrogen-bond acceptors (Lipinski definition) is 4. The summed E-state index contributed by atoms with van der Waals surface area (Å²) in [7, 11) is 1.55. The molecule has 1 atom stereocenters. The molecule has 1 saturated heterocycles. The summed E-state index contributed by atoms with van der Waals surface area (Å²) in [5.74, 6) is 0.696. The number of carbonyl (C=O) groups excluding carboxylic acids is 1. The first-order valence-electron chi connectivity index (χ1n) is 6.94. The van der Waals surface area contributed by atoms with E-state index in [1.807, 2.05) is 17.0 Å². The van der Waals surface area contributed by atoms with E-state index in [4.69, 9.17) is 10.5 Å². The maximum Gasteiger partial charge on any atom is 0.241 e. The molecular formula is C15H23ClN2O3. The van der Waals surface area contributed by atoms with E-state index in [2.05, 4.69) is 0 Å². The Morgan fingerprint density at radius 2 is 1.95 bits per heavy atom. The lowest BCUT2D eigenvalue weighted by atomic mass is 9.89. The van der Waals surface area contributed by atoms with Gasteiger partial charge in [-0.05, 0) is 36.5 Å². The zero-order valence-electron chi connectivity index (χ0n) is 12.2. The van der Waals surface area contributed by atoms with E-state index in [1.165, 1.54) is 5.56 Å². The fourth-order valence-electron chi connectivity index (χ4n) is 2.67. The van der Waals surface area contributed by atoms with Gasteiger partial charge < -0.3 is 20.5 Å². The Morgan fingerprint density at radius 3 is 2.48 bits per heavy atom. The first kappa shape index (κ1) is 17.8. The fourth-order valence-corrected chi connectivity index (χ4v) is 2.67. The lowest BCUT2D eigenvalue weighted by molar-refractivity contribution is -0.134. The van der Waals surface area contributed by atoms with Crippen molar-refractivity contribution in [2.75, 3.05) is 26.8 Å². The highest BCUT2D eigenvalue weighted by Gasteiger charge is 2.26. The number of rotatable bonds is 4. The molecule has 0 radical (unpaired) electrons. The molecule has 1 fully saturated rings. The van der Waals surface area contributed by atoms with Gasteiger partial charge in [-0.2, -0.15) is 0 Å². The van der Waals surface area contributed by atoms with Gasteiger partial charge in [0.1, 0.15) is 11.8 Å². The minimum absolute atomic E-state index is 0. The predicted octanol–water partition coefficient (Wildman–Crippen LogP) is 1.49. The Morgan fingerprint density at radius 1 is 1.38 bits per heavy atom. The highest BCUT2D eigenvalue weighted by Crippen LogP contribution is 2.29. The van der Waals surface area contributed by atoms with Gasteiger partial charge in [-0.25, -0.2) is 0 Å². The third kappa shape index (κ3) is 4.59. The van der Waals surface area contributed by atoms with Crippen molar-refractivity contribution in [3.63, 3.8) is 0 Å². The van der Waals surface area contributed by atoms with Crippen LogP contribution in [0, 0.1) is 0 Å². The number of nitrogens with two attached hydrogens (primary N) is 1. The van der Waals surface area contributed by atoms with Crippen molar-refractivity contribution in [1.29, 1.82) is 0 Å². The van der Waals surface area contributed by atoms with Gasteiger partial charge in [0.25, 0.3) is 0 Å². The van der Waals surface area contributed by atoms with Gasteiger partial charge >= 0.3 is 0 Å². The number of nitrogens with zero attached hydrogens (tertiary/aromatic N) is 1. The summed E-state index contributed by atoms with van der Waals surface area (Å²) in [5, 5.41) is 9.30. The zero-order valence-corrected chi connectivity index (χ0v) is 13.0. The second-order valence-electron chi connectivity index (χ2n) is 5.25. The van der Waals surface area contributed by atoms with E-state index in [9.17, 15) is 9.90 Å². The number of ether oxygens (including phenoxy) is 1. The van der Waals surface area contributed by atoms with Crippen LogP contribution in [0.15, 0.2) is 24.3 Å². The summed E-state index contributed by atoms with van der Waals surface area (Å²) < 4.78 is 4.92. The van der Waals surface area contributed by atoms with Crippen LogP contribution in [0.1, 0.15) is 24.3 Å². The Balaban J connectivity index is 0.00000220. The molecule has 6 heteroatoms. The van der Waals surface area contributed by atoms with Gasteiger partial charge in [-0.1, -0.05) is 12.1 Å². The Hall–Kier alpha value is -1.30. The zero-order chi connectivity index (χ0) is 14.5. The molecule has 0 aromatic heterocycles. The molecule has 1 heterocycles. The number of phenolic OH excluding ortho intramolecular Hbond substituents is 1. The molecule has 0 bridgehead atoms. The average Bonchev–Trinajstić information content (AvgIpc) is 2.48. The molecule has 0 saturated carbocycles. The minimum atomic E-state index is -0.565. The number of likely N-dealkylation sites (tertiary alicyclic amines) is 1. The molecule has 1 unspecified atom stereocenters. The Kier molecular flexibility index (Phi) is 6.95. The SMILES string of the molecule is COCC(N)C(=O)N1CCC(c2ccc(O)cc2)CC1.Cl. The van der Waals surface area contributed by atoms with Crippen LogP contribution in [0.4, 0.5) is 0 Å². The number of halogens is 1. The van der Waals surface area contributed by atoms with Crippen LogP contribution in [-0.4, -0.2) is 48.8 Å². The third-order valence-corrected chi connectivity index (χ3v) is 3.83. The Bertz CT molecular complexity index is 445. The molecule has 3 N–H and O–H groups in total. The van der Waals surface area contributed by atoms with Crippen molar-refractivity contribution in [2.24, 2.45) is 5.73 Å². The smallest absolute Gasteiger partial charge is 0.241 e. The van der Waals surface area contributed by atoms with Gasteiger partial charge in [0, 0.05) is 20.2 Å². The van der Waals surface area contributed by atoms with Gasteiger partial charge in [-0.15, -0.1) is 12.4 Å². The molecule has 21 heavy (non-hydrogen) atoms. The maximum atomic E-state index is 12.1. The van der Waals surface area contributed by atoms with Crippen molar-refractivity contribution in [3.05, 3.63) is 29.8 Å². The molecule has 1 aliphatic heterocycles. The summed E-state index contributed by atoms with van der Waals surface area (Å²) in [6.45, 7) is 1.71. The van der Waals surface area contributed by atoms with Gasteiger partial charge in [0.2, 0.25) is 5.91 Å². The molecule has 1 aliphatic rings. The molecule has 118 valence electrons. The number of carbonyl (C=O) groups is 1. The molecule has 2 rings (SSSR count). The number of methoxy groups -OCH3 is 1. The highest BCUT2D eigenvalue weighted by molar-refractivity contribution is 5.85. The van der Waals surface area contributed by atoms with Gasteiger partial charge in [0.15, 0.2) is 0 Å². The van der Waals surface area contributed by atoms with Crippen molar-refractivity contribution in [1.82, 2.24) is 4.90 Å². The average molecular weight is 315 g/mol. The summed E-state index contributed by atoms with van der Waals surface area (Å²) >= 11 is 0. The molecule has 0 spiro atoms. The van der Waals surface area contributed by atoms with Crippen LogP contribution in [-0.2, 0) is 9.53 Å². The lowest BCUT2D eigenvalue weighted by Crippen LogP contribution is -2.48. The van der Waals surface area contributed by atoms with Crippen molar-refractivity contribution in [3.8, 4) is 5.75 Å². The van der Waals surface area contributed by atoms with E-state index < -0.39 is 6.04 Å². The summed E-state index contributed by atoms with van der Waals surface area (Å²) in [6.07, 6.45) is 1.85. The van der Waals surface area contributed by atoms with E-state index in [-0.39, 0.29) is 30.7 Å². The molecule has 0 aliphatic carbocycles. The number of phenols is 1. The first-order valence-corrected chi connectivity index (χ1v) is 6.94. The molecule has 1 amide bonds. The van der Waals surface area contributed by atoms with Gasteiger partial charge in [-0.3, -0.25) is 4.79 Å². The number of piperidine rings is 1. The van der Waals surface area contributed by atoms with Crippen LogP contribution in [0.5, 0.6) is 5.75 Å². The quantitative estimate of drug-likeness (QED) is 0.883. The van der Waals surface area contributed by atoms with Crippen LogP contribution < -0.4 is 5.73 Å². The van der Waals surface area contributed by atoms with E-state index in [0.717, 1.165) is 25.9 Å². The number of aromatic hydroxyl groups is 1. The largest absolute Gasteiger partial charge is 0.508 e. The minimum Gasteiger partial charge on any atom is -0.508 e. The first-order chi connectivity index (χ1) is 9.61. The maximum absolute atomic E-state index is 12.1. The normalized spacial score (nSPS) is 17.1. The van der Waals surface area contributed by atoms with E-state index in [0.29, 0.717) is 5.92 Å². The second-order valence-corrected chi connectivity index (χ2v) is 5.25. The second kappa shape index (κ2) is 8.22. The van der Waals surface area contributed by atoms with Crippen LogP contribution in [0.3, 0.4) is 0 Å². The van der Waals surface area contributed by atoms with Gasteiger partial charge in [0.05, 0.1) is 6.61 Å². The summed E-state index contributed by atoms with van der Waals surface area (Å²) in [6, 6.07) is 6.76. The fraction of sp³-hybridized carbons (Fsp3) is 0.533. The number of benzene rings is 1. The monoisotopic (exact) mass is 314 g/mol. The number of hydrogen-bond donors (Lipinski definition) is 2. The summed E-state index contributed by atoms with van der Waals surface area (Å²) in [4.78, 5) is 13.9. The Labute approximate surface area is 131 Å². The van der Waals surface area contributed by atoms with Crippen LogP contribution in [0.2, 0.25) is 0 Å². The third-order valence-electron chi connectivity index (χ3n) is 3.83. The molecule has 1 aromatic carbocycles. The van der Waals surface area contributed by atoms with Crippen molar-refractivity contribution in [2.45, 2.75) is 24.8 Å². The predicted molar refractivity (Wildman–Crippen MR) is 83.8 cm³/mol. The number of amides is 1. The lowest BCUT2D eigenvalue weighted by Gasteiger charge is -2.33. The van der Waals surface area contributed by atoms with Crippen molar-refractivity contribution >= 4 is 18.3 Å². The standard InChI is InChI=1S/C15H22N2O3.ClH/c1-20-10-14(16)15(19)17-8-6-12(7-9-17)11-2-4-13(18)5-3-11;/h2-5,12,14,18H,6-10,16H2,1H3;1H. The van der Waals surface area contributed by atoms with E-state index >= 15 is 0 Å². The topological polar surface area (TPSA) is 75.8 Å². The molecule has 5 nitrogen and oxygen atoms in total. The van der Waals surface area contributed by atoms with Crippen LogP contribution >= 0.6 is 12.4 Å².